The maximum Gasteiger partial charge on any atom is 0.229 e. The lowest BCUT2D eigenvalue weighted by atomic mass is 9.88. The quantitative estimate of drug-likeness (QED) is 0.617. The van der Waals surface area contributed by atoms with Gasteiger partial charge in [-0.1, -0.05) is 34.4 Å². The molecule has 1 aromatic carbocycles. The molecule has 0 saturated carbocycles. The van der Waals surface area contributed by atoms with Crippen molar-refractivity contribution in [3.8, 4) is 0 Å². The number of carbonyl (C=O) groups excluding carboxylic acids is 1. The van der Waals surface area contributed by atoms with Crippen molar-refractivity contribution in [3.63, 3.8) is 0 Å². The van der Waals surface area contributed by atoms with Gasteiger partial charge in [0.25, 0.3) is 0 Å². The Balaban J connectivity index is 2.51. The SMILES string of the molecule is CC(C)(C)N1C(=O)C/C(=N\O)C[C@@H]1c1ccc(Cl)cc1Cl. The lowest BCUT2D eigenvalue weighted by Gasteiger charge is -2.45. The number of likely N-dealkylation sites (tertiary alicyclic amines) is 1. The number of rotatable bonds is 1. The van der Waals surface area contributed by atoms with Gasteiger partial charge in [0.1, 0.15) is 0 Å². The second kappa shape index (κ2) is 5.85. The van der Waals surface area contributed by atoms with Gasteiger partial charge in [0.15, 0.2) is 0 Å². The van der Waals surface area contributed by atoms with Crippen molar-refractivity contribution >= 4 is 34.8 Å². The number of oxime groups is 1. The zero-order valence-electron chi connectivity index (χ0n) is 12.2. The molecular formula is C15H18Cl2N2O2. The first-order chi connectivity index (χ1) is 9.74. The first-order valence-electron chi connectivity index (χ1n) is 6.71. The van der Waals surface area contributed by atoms with Gasteiger partial charge in [-0.05, 0) is 38.5 Å². The van der Waals surface area contributed by atoms with E-state index in [9.17, 15) is 4.79 Å². The van der Waals surface area contributed by atoms with Crippen LogP contribution in [-0.4, -0.2) is 27.3 Å². The summed E-state index contributed by atoms with van der Waals surface area (Å²) >= 11 is 12.2. The van der Waals surface area contributed by atoms with Crippen LogP contribution in [0.3, 0.4) is 0 Å². The van der Waals surface area contributed by atoms with Gasteiger partial charge in [-0.2, -0.15) is 0 Å². The monoisotopic (exact) mass is 328 g/mol. The summed E-state index contributed by atoms with van der Waals surface area (Å²) < 4.78 is 0. The highest BCUT2D eigenvalue weighted by Gasteiger charge is 2.39. The number of nitrogens with zero attached hydrogens (tertiary/aromatic N) is 2. The van der Waals surface area contributed by atoms with E-state index in [1.807, 2.05) is 26.8 Å². The smallest absolute Gasteiger partial charge is 0.229 e. The zero-order valence-corrected chi connectivity index (χ0v) is 13.7. The Morgan fingerprint density at radius 2 is 2.00 bits per heavy atom. The molecule has 0 bridgehead atoms. The Morgan fingerprint density at radius 1 is 1.33 bits per heavy atom. The molecule has 1 aliphatic heterocycles. The van der Waals surface area contributed by atoms with E-state index in [0.717, 1.165) is 5.56 Å². The highest BCUT2D eigenvalue weighted by Crippen LogP contribution is 2.39. The molecule has 21 heavy (non-hydrogen) atoms. The van der Waals surface area contributed by atoms with E-state index in [-0.39, 0.29) is 23.9 Å². The van der Waals surface area contributed by atoms with Gasteiger partial charge < -0.3 is 10.1 Å². The van der Waals surface area contributed by atoms with E-state index in [0.29, 0.717) is 22.2 Å². The standard InChI is InChI=1S/C15H18Cl2N2O2/c1-15(2,3)19-13(7-10(18-21)8-14(19)20)11-5-4-9(16)6-12(11)17/h4-6,13,21H,7-8H2,1-3H3/b18-10-/t13-/m1/s1. The van der Waals surface area contributed by atoms with Gasteiger partial charge in [-0.3, -0.25) is 4.79 Å². The molecule has 1 saturated heterocycles. The van der Waals surface area contributed by atoms with Crippen LogP contribution in [0.1, 0.15) is 45.2 Å². The normalized spacial score (nSPS) is 22.0. The highest BCUT2D eigenvalue weighted by atomic mass is 35.5. The van der Waals surface area contributed by atoms with Crippen molar-refractivity contribution < 1.29 is 10.0 Å². The molecule has 114 valence electrons. The molecule has 1 amide bonds. The van der Waals surface area contributed by atoms with E-state index in [1.54, 1.807) is 17.0 Å². The van der Waals surface area contributed by atoms with Crippen LogP contribution in [0.4, 0.5) is 0 Å². The molecule has 1 N–H and O–H groups in total. The van der Waals surface area contributed by atoms with Crippen molar-refractivity contribution in [2.75, 3.05) is 0 Å². The minimum absolute atomic E-state index is 0.0717. The zero-order chi connectivity index (χ0) is 15.8. The molecule has 0 spiro atoms. The minimum atomic E-state index is -0.355. The van der Waals surface area contributed by atoms with E-state index >= 15 is 0 Å². The average Bonchev–Trinajstić information content (AvgIpc) is 2.36. The summed E-state index contributed by atoms with van der Waals surface area (Å²) in [7, 11) is 0. The number of piperidine rings is 1. The Morgan fingerprint density at radius 3 is 2.52 bits per heavy atom. The number of halogens is 2. The van der Waals surface area contributed by atoms with Gasteiger partial charge in [0.05, 0.1) is 18.2 Å². The van der Waals surface area contributed by atoms with Gasteiger partial charge >= 0.3 is 0 Å². The number of carbonyl (C=O) groups is 1. The fraction of sp³-hybridized carbons (Fsp3) is 0.467. The molecule has 0 aliphatic carbocycles. The van der Waals surface area contributed by atoms with Crippen molar-refractivity contribution in [1.29, 1.82) is 0 Å². The van der Waals surface area contributed by atoms with Gasteiger partial charge in [-0.25, -0.2) is 0 Å². The minimum Gasteiger partial charge on any atom is -0.411 e. The van der Waals surface area contributed by atoms with E-state index in [4.69, 9.17) is 28.4 Å². The molecule has 6 heteroatoms. The van der Waals surface area contributed by atoms with Crippen LogP contribution in [0.5, 0.6) is 0 Å². The van der Waals surface area contributed by atoms with E-state index in [2.05, 4.69) is 5.16 Å². The molecule has 2 rings (SSSR count). The van der Waals surface area contributed by atoms with Crippen LogP contribution in [0.2, 0.25) is 10.0 Å². The number of hydrogen-bond acceptors (Lipinski definition) is 3. The average molecular weight is 329 g/mol. The van der Waals surface area contributed by atoms with Crippen LogP contribution in [-0.2, 0) is 4.79 Å². The van der Waals surface area contributed by atoms with E-state index in [1.165, 1.54) is 0 Å². The first-order valence-corrected chi connectivity index (χ1v) is 7.46. The van der Waals surface area contributed by atoms with E-state index < -0.39 is 0 Å². The molecule has 1 aromatic rings. The Hall–Kier alpha value is -1.26. The highest BCUT2D eigenvalue weighted by molar-refractivity contribution is 6.35. The summed E-state index contributed by atoms with van der Waals surface area (Å²) in [5, 5.41) is 13.3. The molecule has 1 fully saturated rings. The van der Waals surface area contributed by atoms with Gasteiger partial charge in [0.2, 0.25) is 5.91 Å². The predicted octanol–water partition coefficient (Wildman–Crippen LogP) is 4.29. The third-order valence-corrected chi connectivity index (χ3v) is 4.11. The van der Waals surface area contributed by atoms with Crippen LogP contribution >= 0.6 is 23.2 Å². The second-order valence-corrected chi connectivity index (χ2v) is 7.01. The second-order valence-electron chi connectivity index (χ2n) is 6.16. The predicted molar refractivity (Wildman–Crippen MR) is 84.3 cm³/mol. The molecule has 1 heterocycles. The number of amides is 1. The summed E-state index contributed by atoms with van der Waals surface area (Å²) in [6.07, 6.45) is 0.594. The van der Waals surface area contributed by atoms with Crippen molar-refractivity contribution in [3.05, 3.63) is 33.8 Å². The lowest BCUT2D eigenvalue weighted by Crippen LogP contribution is -2.51. The van der Waals surface area contributed by atoms with Crippen LogP contribution < -0.4 is 0 Å². The van der Waals surface area contributed by atoms with Gasteiger partial charge in [-0.15, -0.1) is 0 Å². The van der Waals surface area contributed by atoms with Crippen LogP contribution in [0.15, 0.2) is 23.4 Å². The third kappa shape index (κ3) is 3.33. The fourth-order valence-corrected chi connectivity index (χ4v) is 3.29. The molecule has 0 aromatic heterocycles. The Bertz CT molecular complexity index is 594. The number of hydrogen-bond donors (Lipinski definition) is 1. The first kappa shape index (κ1) is 16.1. The molecule has 1 aliphatic rings. The van der Waals surface area contributed by atoms with Crippen molar-refractivity contribution in [2.45, 2.75) is 45.2 Å². The maximum atomic E-state index is 12.4. The largest absolute Gasteiger partial charge is 0.411 e. The van der Waals surface area contributed by atoms with Crippen LogP contribution in [0, 0.1) is 0 Å². The maximum absolute atomic E-state index is 12.4. The van der Waals surface area contributed by atoms with Crippen LogP contribution in [0.25, 0.3) is 0 Å². The molecule has 4 nitrogen and oxygen atoms in total. The van der Waals surface area contributed by atoms with Crippen molar-refractivity contribution in [1.82, 2.24) is 4.90 Å². The van der Waals surface area contributed by atoms with Gasteiger partial charge in [0, 0.05) is 22.0 Å². The fourth-order valence-electron chi connectivity index (χ4n) is 2.76. The number of benzene rings is 1. The third-order valence-electron chi connectivity index (χ3n) is 3.55. The lowest BCUT2D eigenvalue weighted by molar-refractivity contribution is -0.139. The molecular weight excluding hydrogens is 311 g/mol. The summed E-state index contributed by atoms with van der Waals surface area (Å²) in [4.78, 5) is 14.2. The summed E-state index contributed by atoms with van der Waals surface area (Å²) in [6.45, 7) is 5.93. The molecule has 0 radical (unpaired) electrons. The van der Waals surface area contributed by atoms with Crippen molar-refractivity contribution in [2.24, 2.45) is 5.16 Å². The summed E-state index contributed by atoms with van der Waals surface area (Å²) in [5.41, 5.74) is 0.924. The molecule has 1 atom stereocenters. The summed E-state index contributed by atoms with van der Waals surface area (Å²) in [5.74, 6) is -0.0717. The molecule has 0 unspecified atom stereocenters. The Labute approximate surface area is 134 Å². The Kier molecular flexibility index (Phi) is 4.49. The topological polar surface area (TPSA) is 52.9 Å². The summed E-state index contributed by atoms with van der Waals surface area (Å²) in [6, 6.07) is 4.97.